The highest BCUT2D eigenvalue weighted by molar-refractivity contribution is 7.90. The van der Waals surface area contributed by atoms with Gasteiger partial charge in [-0.15, -0.1) is 0 Å². The van der Waals surface area contributed by atoms with Gasteiger partial charge < -0.3 is 0 Å². The first-order chi connectivity index (χ1) is 10.3. The third-order valence-corrected chi connectivity index (χ3v) is 6.75. The molecular formula is C13H19F6NO2S. The standard InChI is InChI=1S/C13H19F6NO2S/c1-11(14,15)12(16,17)13(18,19)23(21,22)20-7-6-9-4-2-3-5-10(9)8-20/h9-10H,2-8H2,1H3. The Morgan fingerprint density at radius 1 is 0.913 bits per heavy atom. The molecule has 0 aromatic carbocycles. The molecule has 0 aromatic heterocycles. The van der Waals surface area contributed by atoms with Gasteiger partial charge in [0.15, 0.2) is 0 Å². The van der Waals surface area contributed by atoms with E-state index in [1.807, 2.05) is 0 Å². The van der Waals surface area contributed by atoms with Gasteiger partial charge in [0, 0.05) is 20.0 Å². The molecule has 0 bridgehead atoms. The molecule has 1 aliphatic carbocycles. The predicted octanol–water partition coefficient (Wildman–Crippen LogP) is 3.71. The average Bonchev–Trinajstić information content (AvgIpc) is 2.45. The van der Waals surface area contributed by atoms with Crippen molar-refractivity contribution in [3.05, 3.63) is 0 Å². The Labute approximate surface area is 131 Å². The van der Waals surface area contributed by atoms with Crippen LogP contribution >= 0.6 is 0 Å². The summed E-state index contributed by atoms with van der Waals surface area (Å²) in [5.74, 6) is -11.1. The average molecular weight is 367 g/mol. The molecule has 23 heavy (non-hydrogen) atoms. The SMILES string of the molecule is CC(F)(F)C(F)(F)C(F)(F)S(=O)(=O)N1CCC2CCCCC2C1. The van der Waals surface area contributed by atoms with Gasteiger partial charge in [0.1, 0.15) is 0 Å². The van der Waals surface area contributed by atoms with E-state index in [4.69, 9.17) is 0 Å². The Morgan fingerprint density at radius 2 is 1.43 bits per heavy atom. The van der Waals surface area contributed by atoms with E-state index in [0.717, 1.165) is 19.3 Å². The third kappa shape index (κ3) is 2.96. The summed E-state index contributed by atoms with van der Waals surface area (Å²) in [5, 5.41) is -5.86. The number of hydrogen-bond donors (Lipinski definition) is 0. The van der Waals surface area contributed by atoms with Crippen LogP contribution in [0.1, 0.15) is 39.0 Å². The Balaban J connectivity index is 2.27. The van der Waals surface area contributed by atoms with Crippen LogP contribution in [0.3, 0.4) is 0 Å². The maximum Gasteiger partial charge on any atom is 0.427 e. The van der Waals surface area contributed by atoms with Gasteiger partial charge >= 0.3 is 17.1 Å². The van der Waals surface area contributed by atoms with E-state index < -0.39 is 34.0 Å². The van der Waals surface area contributed by atoms with Crippen LogP contribution in [0.25, 0.3) is 0 Å². The van der Waals surface area contributed by atoms with Crippen molar-refractivity contribution in [2.75, 3.05) is 13.1 Å². The van der Waals surface area contributed by atoms with Crippen molar-refractivity contribution in [3.8, 4) is 0 Å². The molecule has 1 aliphatic heterocycles. The van der Waals surface area contributed by atoms with Crippen LogP contribution < -0.4 is 0 Å². The summed E-state index contributed by atoms with van der Waals surface area (Å²) in [5.41, 5.74) is 0. The molecule has 2 aliphatic rings. The van der Waals surface area contributed by atoms with E-state index >= 15 is 0 Å². The Kier molecular flexibility index (Phi) is 4.73. The third-order valence-electron chi connectivity index (χ3n) is 4.83. The second-order valence-electron chi connectivity index (χ2n) is 6.44. The summed E-state index contributed by atoms with van der Waals surface area (Å²) >= 11 is 0. The molecule has 2 unspecified atom stereocenters. The van der Waals surface area contributed by atoms with E-state index in [9.17, 15) is 34.8 Å². The zero-order valence-corrected chi connectivity index (χ0v) is 13.4. The number of alkyl halides is 6. The van der Waals surface area contributed by atoms with Gasteiger partial charge in [-0.1, -0.05) is 19.3 Å². The lowest BCUT2D eigenvalue weighted by Gasteiger charge is -2.42. The van der Waals surface area contributed by atoms with Crippen LogP contribution in [-0.2, 0) is 10.0 Å². The van der Waals surface area contributed by atoms with E-state index in [2.05, 4.69) is 0 Å². The molecule has 0 aromatic rings. The van der Waals surface area contributed by atoms with Crippen molar-refractivity contribution in [1.29, 1.82) is 0 Å². The molecule has 0 N–H and O–H groups in total. The van der Waals surface area contributed by atoms with Crippen LogP contribution in [0.5, 0.6) is 0 Å². The number of piperidine rings is 1. The zero-order valence-electron chi connectivity index (χ0n) is 12.5. The monoisotopic (exact) mass is 367 g/mol. The molecule has 0 amide bonds. The smallest absolute Gasteiger partial charge is 0.206 e. The Morgan fingerprint density at radius 3 is 1.96 bits per heavy atom. The van der Waals surface area contributed by atoms with Crippen LogP contribution in [-0.4, -0.2) is 42.9 Å². The highest BCUT2D eigenvalue weighted by Crippen LogP contribution is 2.50. The second-order valence-corrected chi connectivity index (χ2v) is 8.42. The van der Waals surface area contributed by atoms with Gasteiger partial charge in [-0.2, -0.15) is 30.6 Å². The van der Waals surface area contributed by atoms with Crippen LogP contribution in [0.15, 0.2) is 0 Å². The summed E-state index contributed by atoms with van der Waals surface area (Å²) in [6.45, 7) is -1.07. The number of halogens is 6. The number of rotatable bonds is 4. The number of nitrogens with zero attached hydrogens (tertiary/aromatic N) is 1. The number of sulfonamides is 1. The summed E-state index contributed by atoms with van der Waals surface area (Å²) in [7, 11) is -5.88. The zero-order chi connectivity index (χ0) is 17.7. The fourth-order valence-corrected chi connectivity index (χ4v) is 4.93. The van der Waals surface area contributed by atoms with Crippen LogP contribution in [0.4, 0.5) is 26.3 Å². The molecule has 136 valence electrons. The fraction of sp³-hybridized carbons (Fsp3) is 1.00. The van der Waals surface area contributed by atoms with Crippen molar-refractivity contribution in [3.63, 3.8) is 0 Å². The van der Waals surface area contributed by atoms with E-state index in [1.165, 1.54) is 0 Å². The van der Waals surface area contributed by atoms with Crippen LogP contribution in [0, 0.1) is 11.8 Å². The first-order valence-corrected chi connectivity index (χ1v) is 8.89. The summed E-state index contributed by atoms with van der Waals surface area (Å²) in [4.78, 5) is 0. The molecule has 10 heteroatoms. The molecule has 1 saturated carbocycles. The summed E-state index contributed by atoms with van der Waals surface area (Å²) in [6, 6.07) is 0. The van der Waals surface area contributed by atoms with Crippen molar-refractivity contribution >= 4 is 10.0 Å². The maximum atomic E-state index is 13.8. The lowest BCUT2D eigenvalue weighted by Crippen LogP contribution is -2.61. The molecule has 2 atom stereocenters. The first kappa shape index (κ1) is 18.8. The second kappa shape index (κ2) is 5.79. The van der Waals surface area contributed by atoms with Gasteiger partial charge in [-0.05, 0) is 24.7 Å². The molecule has 2 rings (SSSR count). The normalized spacial score (nSPS) is 28.5. The summed E-state index contributed by atoms with van der Waals surface area (Å²) < 4.78 is 104. The first-order valence-electron chi connectivity index (χ1n) is 7.45. The predicted molar refractivity (Wildman–Crippen MR) is 71.1 cm³/mol. The minimum absolute atomic E-state index is 0.178. The van der Waals surface area contributed by atoms with Crippen molar-refractivity contribution in [2.24, 2.45) is 11.8 Å². The topological polar surface area (TPSA) is 37.4 Å². The minimum atomic E-state index is -5.98. The minimum Gasteiger partial charge on any atom is -0.206 e. The van der Waals surface area contributed by atoms with Crippen molar-refractivity contribution in [2.45, 2.75) is 56.1 Å². The number of fused-ring (bicyclic) bond motifs is 1. The molecule has 2 fully saturated rings. The quantitative estimate of drug-likeness (QED) is 0.711. The Hall–Kier alpha value is -0.510. The van der Waals surface area contributed by atoms with Crippen LogP contribution in [0.2, 0.25) is 0 Å². The van der Waals surface area contributed by atoms with Crippen molar-refractivity contribution < 1.29 is 34.8 Å². The molecule has 1 heterocycles. The Bertz CT molecular complexity index is 545. The summed E-state index contributed by atoms with van der Waals surface area (Å²) in [6.07, 6.45) is 3.54. The molecule has 0 spiro atoms. The molecule has 0 radical (unpaired) electrons. The molecule has 1 saturated heterocycles. The largest absolute Gasteiger partial charge is 0.427 e. The van der Waals surface area contributed by atoms with Gasteiger partial charge in [0.05, 0.1) is 0 Å². The maximum absolute atomic E-state index is 13.8. The van der Waals surface area contributed by atoms with Gasteiger partial charge in [-0.25, -0.2) is 8.42 Å². The molecule has 3 nitrogen and oxygen atoms in total. The number of hydrogen-bond acceptors (Lipinski definition) is 2. The van der Waals surface area contributed by atoms with Crippen molar-refractivity contribution in [1.82, 2.24) is 4.31 Å². The van der Waals surface area contributed by atoms with E-state index in [0.29, 0.717) is 6.42 Å². The lowest BCUT2D eigenvalue weighted by atomic mass is 9.76. The lowest BCUT2D eigenvalue weighted by molar-refractivity contribution is -0.272. The highest BCUT2D eigenvalue weighted by atomic mass is 32.2. The highest BCUT2D eigenvalue weighted by Gasteiger charge is 2.76. The van der Waals surface area contributed by atoms with Gasteiger partial charge in [0.2, 0.25) is 0 Å². The van der Waals surface area contributed by atoms with Gasteiger partial charge in [-0.3, -0.25) is 0 Å². The van der Waals surface area contributed by atoms with Gasteiger partial charge in [0.25, 0.3) is 10.0 Å². The van der Waals surface area contributed by atoms with E-state index in [1.54, 1.807) is 0 Å². The van der Waals surface area contributed by atoms with E-state index in [-0.39, 0.29) is 35.7 Å². The fourth-order valence-electron chi connectivity index (χ4n) is 3.37. The molecular weight excluding hydrogens is 348 g/mol.